The van der Waals surface area contributed by atoms with Crippen molar-refractivity contribution in [3.8, 4) is 0 Å². The van der Waals surface area contributed by atoms with Crippen LogP contribution < -0.4 is 5.32 Å². The number of amides is 1. The second-order valence-corrected chi connectivity index (χ2v) is 15.1. The van der Waals surface area contributed by atoms with Crippen LogP contribution in [0, 0.1) is 0 Å². The van der Waals surface area contributed by atoms with E-state index in [0.29, 0.717) is 19.3 Å². The molecule has 1 aliphatic heterocycles. The molecule has 0 aromatic carbocycles. The lowest BCUT2D eigenvalue weighted by Gasteiger charge is -2.41. The normalized spacial score (nSPS) is 23.0. The van der Waals surface area contributed by atoms with Crippen molar-refractivity contribution in [3.05, 3.63) is 24.3 Å². The van der Waals surface area contributed by atoms with E-state index >= 15 is 0 Å². The lowest BCUT2D eigenvalue weighted by atomic mass is 9.99. The number of carbonyl (C=O) groups is 1. The molecular formula is C38H71NO12S. The fourth-order valence-electron chi connectivity index (χ4n) is 6.16. The predicted octanol–water partition coefficient (Wildman–Crippen LogP) is 5.18. The average molecular weight is 766 g/mol. The predicted molar refractivity (Wildman–Crippen MR) is 201 cm³/mol. The molecule has 0 bridgehead atoms. The standard InChI is InChI=1S/C38H71NO12S/c1-3-5-7-9-10-11-12-13-14-15-16-17-18-19-20-21-23-25-27-32(42)37(45)39-30(31(41)26-24-22-8-6-4-2)29-49-38-35(44)36(51-52(46,47)48)34(43)33(28-40)50-38/h10-13,30-36,38,40-44H,3-9,14-29H2,1-2H3,(H,39,45)(H,46,47,48)/b11-10-,13-12-. The van der Waals surface area contributed by atoms with Crippen molar-refractivity contribution in [3.63, 3.8) is 0 Å². The lowest BCUT2D eigenvalue weighted by Crippen LogP contribution is -2.61. The van der Waals surface area contributed by atoms with Crippen molar-refractivity contribution < 1.29 is 57.0 Å². The van der Waals surface area contributed by atoms with Gasteiger partial charge in [0.15, 0.2) is 6.29 Å². The SMILES string of the molecule is CCCCC/C=C\C=C/CCCCCCCCCCCC(O)C(=O)NC(COC1OC(CO)C(O)C(OS(=O)(=O)O)C1O)C(O)CCCCCCC. The van der Waals surface area contributed by atoms with Crippen LogP contribution in [0.5, 0.6) is 0 Å². The summed E-state index contributed by atoms with van der Waals surface area (Å²) < 4.78 is 47.1. The Labute approximate surface area is 313 Å². The summed E-state index contributed by atoms with van der Waals surface area (Å²) in [6.07, 6.45) is 18.7. The fourth-order valence-corrected chi connectivity index (χ4v) is 6.67. The third kappa shape index (κ3) is 22.7. The van der Waals surface area contributed by atoms with Gasteiger partial charge < -0.3 is 40.3 Å². The Morgan fingerprint density at radius 2 is 1.27 bits per heavy atom. The first kappa shape index (κ1) is 48.6. The molecule has 0 aromatic rings. The van der Waals surface area contributed by atoms with Crippen molar-refractivity contribution in [2.45, 2.75) is 198 Å². The molecule has 1 aliphatic rings. The number of rotatable bonds is 32. The number of ether oxygens (including phenoxy) is 2. The first-order valence-corrected chi connectivity index (χ1v) is 21.2. The van der Waals surface area contributed by atoms with Crippen LogP contribution in [0.2, 0.25) is 0 Å². The summed E-state index contributed by atoms with van der Waals surface area (Å²) in [5, 5.41) is 54.7. The highest BCUT2D eigenvalue weighted by atomic mass is 32.3. The molecule has 1 rings (SSSR count). The molecule has 0 radical (unpaired) electrons. The maximum absolute atomic E-state index is 13.0. The summed E-state index contributed by atoms with van der Waals surface area (Å²) >= 11 is 0. The number of allylic oxidation sites excluding steroid dienone is 4. The monoisotopic (exact) mass is 765 g/mol. The van der Waals surface area contributed by atoms with E-state index < -0.39 is 78.5 Å². The maximum atomic E-state index is 13.0. The molecule has 0 spiro atoms. The number of unbranched alkanes of at least 4 members (excludes halogenated alkanes) is 16. The summed E-state index contributed by atoms with van der Waals surface area (Å²) in [4.78, 5) is 13.0. The van der Waals surface area contributed by atoms with Crippen molar-refractivity contribution in [1.82, 2.24) is 5.32 Å². The van der Waals surface area contributed by atoms with Gasteiger partial charge in [0.2, 0.25) is 5.91 Å². The number of hydrogen-bond donors (Lipinski definition) is 7. The molecule has 0 saturated carbocycles. The topological polar surface area (TPSA) is 212 Å². The third-order valence-electron chi connectivity index (χ3n) is 9.40. The Bertz CT molecular complexity index is 1060. The molecule has 13 nitrogen and oxygen atoms in total. The summed E-state index contributed by atoms with van der Waals surface area (Å²) in [6, 6.07) is -1.03. The Kier molecular flexibility index (Phi) is 27.9. The van der Waals surface area contributed by atoms with E-state index in [2.05, 4.69) is 47.7 Å². The van der Waals surface area contributed by atoms with Crippen molar-refractivity contribution in [1.29, 1.82) is 0 Å². The van der Waals surface area contributed by atoms with Gasteiger partial charge in [0.1, 0.15) is 30.5 Å². The Morgan fingerprint density at radius 3 is 1.83 bits per heavy atom. The van der Waals surface area contributed by atoms with Crippen LogP contribution in [0.15, 0.2) is 24.3 Å². The number of carbonyl (C=O) groups excluding carboxylic acids is 1. The molecule has 14 heteroatoms. The first-order chi connectivity index (χ1) is 24.9. The smallest absolute Gasteiger partial charge is 0.394 e. The van der Waals surface area contributed by atoms with Crippen LogP contribution >= 0.6 is 0 Å². The van der Waals surface area contributed by atoms with Crippen molar-refractivity contribution >= 4 is 16.3 Å². The van der Waals surface area contributed by atoms with E-state index in [1.54, 1.807) is 0 Å². The van der Waals surface area contributed by atoms with E-state index in [0.717, 1.165) is 64.2 Å². The maximum Gasteiger partial charge on any atom is 0.397 e. The van der Waals surface area contributed by atoms with Crippen LogP contribution in [0.3, 0.4) is 0 Å². The number of aliphatic hydroxyl groups is 5. The van der Waals surface area contributed by atoms with Crippen LogP contribution in [-0.4, -0.2) is 107 Å². The van der Waals surface area contributed by atoms with Gasteiger partial charge in [-0.15, -0.1) is 0 Å². The van der Waals surface area contributed by atoms with E-state index in [9.17, 15) is 38.7 Å². The van der Waals surface area contributed by atoms with Gasteiger partial charge in [-0.1, -0.05) is 134 Å². The zero-order valence-corrected chi connectivity index (χ0v) is 32.5. The molecule has 1 heterocycles. The van der Waals surface area contributed by atoms with E-state index in [-0.39, 0.29) is 6.42 Å². The average Bonchev–Trinajstić information content (AvgIpc) is 3.11. The summed E-state index contributed by atoms with van der Waals surface area (Å²) in [5.74, 6) is -0.683. The summed E-state index contributed by atoms with van der Waals surface area (Å²) in [5.41, 5.74) is 0. The van der Waals surface area contributed by atoms with Crippen LogP contribution in [0.25, 0.3) is 0 Å². The number of hydrogen-bond acceptors (Lipinski definition) is 11. The van der Waals surface area contributed by atoms with Gasteiger partial charge in [-0.3, -0.25) is 9.35 Å². The molecule has 52 heavy (non-hydrogen) atoms. The van der Waals surface area contributed by atoms with Gasteiger partial charge in [-0.25, -0.2) is 4.18 Å². The van der Waals surface area contributed by atoms with Gasteiger partial charge in [-0.2, -0.15) is 8.42 Å². The number of nitrogens with one attached hydrogen (secondary N) is 1. The molecular weight excluding hydrogens is 694 g/mol. The lowest BCUT2D eigenvalue weighted by molar-refractivity contribution is -0.298. The van der Waals surface area contributed by atoms with Crippen molar-refractivity contribution in [2.24, 2.45) is 0 Å². The van der Waals surface area contributed by atoms with Crippen LogP contribution in [0.1, 0.15) is 149 Å². The zero-order chi connectivity index (χ0) is 38.6. The van der Waals surface area contributed by atoms with Crippen LogP contribution in [-0.2, 0) is 28.9 Å². The highest BCUT2D eigenvalue weighted by Gasteiger charge is 2.48. The third-order valence-corrected chi connectivity index (χ3v) is 9.86. The molecule has 1 fully saturated rings. The van der Waals surface area contributed by atoms with E-state index in [1.165, 1.54) is 44.9 Å². The van der Waals surface area contributed by atoms with Gasteiger partial charge in [-0.05, 0) is 38.5 Å². The van der Waals surface area contributed by atoms with Crippen LogP contribution in [0.4, 0.5) is 0 Å². The zero-order valence-electron chi connectivity index (χ0n) is 31.7. The largest absolute Gasteiger partial charge is 0.397 e. The summed E-state index contributed by atoms with van der Waals surface area (Å²) in [7, 11) is -5.10. The molecule has 0 aromatic heterocycles. The molecule has 7 N–H and O–H groups in total. The second kappa shape index (κ2) is 29.8. The molecule has 1 amide bonds. The summed E-state index contributed by atoms with van der Waals surface area (Å²) in [6.45, 7) is 3.10. The first-order valence-electron chi connectivity index (χ1n) is 19.8. The molecule has 8 atom stereocenters. The quantitative estimate of drug-likeness (QED) is 0.0268. The Balaban J connectivity index is 2.48. The number of aliphatic hydroxyl groups excluding tert-OH is 5. The second-order valence-electron chi connectivity index (χ2n) is 14.0. The minimum Gasteiger partial charge on any atom is -0.394 e. The molecule has 0 aliphatic carbocycles. The van der Waals surface area contributed by atoms with E-state index in [4.69, 9.17) is 14.0 Å². The Hall–Kier alpha value is -1.46. The molecule has 1 saturated heterocycles. The van der Waals surface area contributed by atoms with Crippen molar-refractivity contribution in [2.75, 3.05) is 13.2 Å². The highest BCUT2D eigenvalue weighted by Crippen LogP contribution is 2.26. The minimum absolute atomic E-state index is 0.253. The van der Waals surface area contributed by atoms with E-state index in [1.807, 2.05) is 0 Å². The van der Waals surface area contributed by atoms with Gasteiger partial charge in [0, 0.05) is 0 Å². The van der Waals surface area contributed by atoms with Gasteiger partial charge >= 0.3 is 10.4 Å². The fraction of sp³-hybridized carbons (Fsp3) is 0.868. The minimum atomic E-state index is -5.10. The van der Waals surface area contributed by atoms with Gasteiger partial charge in [0.05, 0.1) is 25.4 Å². The highest BCUT2D eigenvalue weighted by molar-refractivity contribution is 7.80. The molecule has 8 unspecified atom stereocenters. The molecule has 306 valence electrons. The Morgan fingerprint density at radius 1 is 0.769 bits per heavy atom. The van der Waals surface area contributed by atoms with Gasteiger partial charge in [0.25, 0.3) is 0 Å².